The predicted octanol–water partition coefficient (Wildman–Crippen LogP) is 6.18. The van der Waals surface area contributed by atoms with Gasteiger partial charge in [-0.05, 0) is 73.0 Å². The number of benzene rings is 3. The van der Waals surface area contributed by atoms with Crippen molar-refractivity contribution in [2.75, 3.05) is 25.6 Å². The Balaban J connectivity index is 1.21. The summed E-state index contributed by atoms with van der Waals surface area (Å²) in [4.78, 5) is 19.6. The van der Waals surface area contributed by atoms with Gasteiger partial charge in [-0.15, -0.1) is 0 Å². The first-order valence-corrected chi connectivity index (χ1v) is 12.8. The Morgan fingerprint density at radius 3 is 2.51 bits per heavy atom. The number of nitrogens with zero attached hydrogens (tertiary/aromatic N) is 1. The third-order valence-corrected chi connectivity index (χ3v) is 6.42. The molecule has 3 aromatic carbocycles. The van der Waals surface area contributed by atoms with E-state index in [1.165, 1.54) is 11.5 Å². The van der Waals surface area contributed by atoms with Gasteiger partial charge < -0.3 is 19.8 Å². The number of methoxy groups -OCH3 is 1. The van der Waals surface area contributed by atoms with Crippen molar-refractivity contribution in [3.63, 3.8) is 0 Å². The van der Waals surface area contributed by atoms with Crippen LogP contribution in [-0.2, 0) is 4.79 Å². The molecule has 0 fully saturated rings. The quantitative estimate of drug-likeness (QED) is 0.0714. The average molecular weight is 523 g/mol. The summed E-state index contributed by atoms with van der Waals surface area (Å²) in [5, 5.41) is 14.3. The van der Waals surface area contributed by atoms with Crippen LogP contribution < -0.4 is 20.3 Å². The fourth-order valence-corrected chi connectivity index (χ4v) is 4.41. The molecular weight excluding hydrogens is 492 g/mol. The van der Waals surface area contributed by atoms with E-state index in [4.69, 9.17) is 19.7 Å². The lowest BCUT2D eigenvalue weighted by Crippen LogP contribution is -2.14. The van der Waals surface area contributed by atoms with E-state index in [1.54, 1.807) is 18.7 Å². The number of aromatic nitrogens is 2. The van der Waals surface area contributed by atoms with Crippen LogP contribution in [-0.4, -0.2) is 41.3 Å². The van der Waals surface area contributed by atoms with Gasteiger partial charge in [0.2, 0.25) is 0 Å². The van der Waals surface area contributed by atoms with Crippen molar-refractivity contribution in [2.24, 2.45) is 0 Å². The number of amides is 1. The Hall–Kier alpha value is -4.82. The molecule has 8 heteroatoms. The zero-order chi connectivity index (χ0) is 27.0. The van der Waals surface area contributed by atoms with Crippen LogP contribution >= 0.6 is 0 Å². The van der Waals surface area contributed by atoms with Crippen molar-refractivity contribution in [1.82, 2.24) is 15.4 Å². The molecule has 1 amide bonds. The van der Waals surface area contributed by atoms with Crippen LogP contribution in [0.25, 0.3) is 39.1 Å². The lowest BCUT2D eigenvalue weighted by Gasteiger charge is -2.11. The highest BCUT2D eigenvalue weighted by Gasteiger charge is 2.13. The van der Waals surface area contributed by atoms with Gasteiger partial charge in [0.25, 0.3) is 5.91 Å². The molecule has 4 N–H and O–H groups in total. The van der Waals surface area contributed by atoms with Gasteiger partial charge in [-0.2, -0.15) is 0 Å². The van der Waals surface area contributed by atoms with E-state index in [1.807, 2.05) is 54.6 Å². The Kier molecular flexibility index (Phi) is 8.04. The average Bonchev–Trinajstić information content (AvgIpc) is 3.36. The monoisotopic (exact) mass is 522 g/mol. The van der Waals surface area contributed by atoms with Crippen molar-refractivity contribution in [1.29, 1.82) is 0 Å². The number of ether oxygens (including phenoxy) is 2. The summed E-state index contributed by atoms with van der Waals surface area (Å²) in [6.45, 7) is 1.36. The molecule has 0 aliphatic rings. The SMILES string of the molecule is COc1ccc(-c2nc(NCCCCOc3ccc(/C=C/C(=O)NO)cc3)cc3c2[nH]c2ccccc23)cc1. The number of unbranched alkanes of at least 4 members (excludes halogenated alkanes) is 1. The summed E-state index contributed by atoms with van der Waals surface area (Å²) < 4.78 is 11.2. The van der Waals surface area contributed by atoms with Crippen LogP contribution in [0.3, 0.4) is 0 Å². The van der Waals surface area contributed by atoms with Crippen LogP contribution in [0.1, 0.15) is 18.4 Å². The van der Waals surface area contributed by atoms with E-state index in [0.717, 1.165) is 69.9 Å². The molecule has 0 bridgehead atoms. The van der Waals surface area contributed by atoms with Gasteiger partial charge in [-0.1, -0.05) is 30.3 Å². The molecule has 0 saturated heterocycles. The number of nitrogens with one attached hydrogen (secondary N) is 3. The maximum Gasteiger partial charge on any atom is 0.267 e. The number of aromatic amines is 1. The number of pyridine rings is 1. The first-order chi connectivity index (χ1) is 19.1. The van der Waals surface area contributed by atoms with E-state index < -0.39 is 5.91 Å². The lowest BCUT2D eigenvalue weighted by molar-refractivity contribution is -0.124. The second-order valence-corrected chi connectivity index (χ2v) is 9.04. The van der Waals surface area contributed by atoms with E-state index in [-0.39, 0.29) is 0 Å². The van der Waals surface area contributed by atoms with E-state index >= 15 is 0 Å². The molecule has 5 aromatic rings. The molecule has 198 valence electrons. The second-order valence-electron chi connectivity index (χ2n) is 9.04. The minimum atomic E-state index is -0.572. The number of carbonyl (C=O) groups excluding carboxylic acids is 1. The lowest BCUT2D eigenvalue weighted by atomic mass is 10.1. The maximum atomic E-state index is 11.1. The number of H-pyrrole nitrogens is 1. The summed E-state index contributed by atoms with van der Waals surface area (Å²) in [6, 6.07) is 25.8. The van der Waals surface area contributed by atoms with Crippen LogP contribution in [0.4, 0.5) is 5.82 Å². The number of anilines is 1. The molecule has 0 spiro atoms. The van der Waals surface area contributed by atoms with Crippen molar-refractivity contribution in [3.8, 4) is 22.8 Å². The summed E-state index contributed by atoms with van der Waals surface area (Å²) >= 11 is 0. The summed E-state index contributed by atoms with van der Waals surface area (Å²) in [7, 11) is 1.66. The third kappa shape index (κ3) is 6.19. The molecule has 2 aromatic heterocycles. The van der Waals surface area contributed by atoms with Crippen molar-refractivity contribution >= 4 is 39.6 Å². The van der Waals surface area contributed by atoms with E-state index in [0.29, 0.717) is 6.61 Å². The van der Waals surface area contributed by atoms with Gasteiger partial charge in [0.05, 0.1) is 24.9 Å². The van der Waals surface area contributed by atoms with E-state index in [9.17, 15) is 4.79 Å². The number of hydrogen-bond acceptors (Lipinski definition) is 6. The smallest absolute Gasteiger partial charge is 0.267 e. The van der Waals surface area contributed by atoms with Gasteiger partial charge in [-0.3, -0.25) is 10.0 Å². The first-order valence-electron chi connectivity index (χ1n) is 12.8. The Morgan fingerprint density at radius 2 is 1.74 bits per heavy atom. The van der Waals surface area contributed by atoms with Crippen molar-refractivity contribution in [2.45, 2.75) is 12.8 Å². The van der Waals surface area contributed by atoms with Crippen LogP contribution in [0.5, 0.6) is 11.5 Å². The van der Waals surface area contributed by atoms with Crippen LogP contribution in [0.15, 0.2) is 84.9 Å². The number of hydrogen-bond donors (Lipinski definition) is 4. The molecule has 0 radical (unpaired) electrons. The molecule has 0 saturated carbocycles. The normalized spacial score (nSPS) is 11.2. The largest absolute Gasteiger partial charge is 0.497 e. The fourth-order valence-electron chi connectivity index (χ4n) is 4.41. The predicted molar refractivity (Wildman–Crippen MR) is 154 cm³/mol. The number of para-hydroxylation sites is 1. The number of carbonyl (C=O) groups is 1. The summed E-state index contributed by atoms with van der Waals surface area (Å²) in [6.07, 6.45) is 4.67. The number of fused-ring (bicyclic) bond motifs is 3. The summed E-state index contributed by atoms with van der Waals surface area (Å²) in [5.41, 5.74) is 6.41. The second kappa shape index (κ2) is 12.1. The van der Waals surface area contributed by atoms with Crippen LogP contribution in [0.2, 0.25) is 0 Å². The molecule has 8 nitrogen and oxygen atoms in total. The highest BCUT2D eigenvalue weighted by atomic mass is 16.5. The van der Waals surface area contributed by atoms with Crippen molar-refractivity contribution in [3.05, 3.63) is 90.5 Å². The Morgan fingerprint density at radius 1 is 0.974 bits per heavy atom. The van der Waals surface area contributed by atoms with Gasteiger partial charge in [-0.25, -0.2) is 10.5 Å². The molecule has 2 heterocycles. The zero-order valence-electron chi connectivity index (χ0n) is 21.6. The molecule has 39 heavy (non-hydrogen) atoms. The van der Waals surface area contributed by atoms with Crippen LogP contribution in [0, 0.1) is 0 Å². The topological polar surface area (TPSA) is 108 Å². The van der Waals surface area contributed by atoms with Gasteiger partial charge in [0, 0.05) is 34.5 Å². The third-order valence-electron chi connectivity index (χ3n) is 6.42. The Labute approximate surface area is 226 Å². The molecule has 5 rings (SSSR count). The summed E-state index contributed by atoms with van der Waals surface area (Å²) in [5.74, 6) is 1.83. The van der Waals surface area contributed by atoms with Gasteiger partial charge >= 0.3 is 0 Å². The van der Waals surface area contributed by atoms with Crippen molar-refractivity contribution < 1.29 is 19.5 Å². The minimum absolute atomic E-state index is 0.572. The highest BCUT2D eigenvalue weighted by Crippen LogP contribution is 2.34. The zero-order valence-corrected chi connectivity index (χ0v) is 21.6. The number of hydroxylamine groups is 1. The first kappa shape index (κ1) is 25.8. The minimum Gasteiger partial charge on any atom is -0.497 e. The molecule has 0 unspecified atom stereocenters. The van der Waals surface area contributed by atoms with Gasteiger partial charge in [0.15, 0.2) is 0 Å². The maximum absolute atomic E-state index is 11.1. The molecule has 0 atom stereocenters. The fraction of sp³-hybridized carbons (Fsp3) is 0.161. The standard InChI is InChI=1S/C31H30N4O4/c1-38-23-15-11-22(12-16-23)30-31-26(25-6-2-3-7-27(25)33-31)20-28(34-30)32-18-4-5-19-39-24-13-8-21(9-14-24)10-17-29(36)35-37/h2-3,6-17,20,33,37H,4-5,18-19H2,1H3,(H,32,34)(H,35,36)/b17-10+. The molecule has 0 aliphatic carbocycles. The molecular formula is C31H30N4O4. The van der Waals surface area contributed by atoms with E-state index in [2.05, 4.69) is 34.6 Å². The Bertz CT molecular complexity index is 1590. The molecule has 0 aliphatic heterocycles. The van der Waals surface area contributed by atoms with Gasteiger partial charge in [0.1, 0.15) is 17.3 Å². The number of rotatable bonds is 11. The highest BCUT2D eigenvalue weighted by molar-refractivity contribution is 6.11.